The Kier molecular flexibility index (Phi) is 4.04. The van der Waals surface area contributed by atoms with Gasteiger partial charge < -0.3 is 0 Å². The number of benzene rings is 1. The Morgan fingerprint density at radius 2 is 2.10 bits per heavy atom. The molecule has 2 aliphatic rings. The zero-order chi connectivity index (χ0) is 14.2. The van der Waals surface area contributed by atoms with Crippen LogP contribution in [0.25, 0.3) is 0 Å². The first-order valence-corrected chi connectivity index (χ1v) is 7.85. The van der Waals surface area contributed by atoms with Crippen molar-refractivity contribution < 1.29 is 4.79 Å². The number of ketones is 1. The van der Waals surface area contributed by atoms with Crippen LogP contribution >= 0.6 is 23.2 Å². The van der Waals surface area contributed by atoms with Crippen LogP contribution < -0.4 is 5.32 Å². The minimum absolute atomic E-state index is 0.244. The van der Waals surface area contributed by atoms with Crippen LogP contribution in [0.15, 0.2) is 18.2 Å². The molecular formula is C15H18Cl2N2O. The van der Waals surface area contributed by atoms with Gasteiger partial charge in [-0.1, -0.05) is 29.3 Å². The Bertz CT molecular complexity index is 535. The van der Waals surface area contributed by atoms with Crippen molar-refractivity contribution in [2.45, 2.75) is 31.3 Å². The molecule has 20 heavy (non-hydrogen) atoms. The van der Waals surface area contributed by atoms with Crippen molar-refractivity contribution in [3.63, 3.8) is 0 Å². The highest BCUT2D eigenvalue weighted by Crippen LogP contribution is 2.31. The first-order valence-electron chi connectivity index (χ1n) is 7.09. The SMILES string of the molecule is O=C(Cc1ccc(Cl)c(Cl)c1)[C@@]12CCCCN1CCN2. The van der Waals surface area contributed by atoms with Gasteiger partial charge in [0.2, 0.25) is 0 Å². The molecule has 1 aromatic rings. The number of nitrogens with zero attached hydrogens (tertiary/aromatic N) is 1. The molecule has 0 aliphatic carbocycles. The third-order valence-electron chi connectivity index (χ3n) is 4.37. The van der Waals surface area contributed by atoms with Crippen LogP contribution in [0.4, 0.5) is 0 Å². The lowest BCUT2D eigenvalue weighted by atomic mass is 9.89. The van der Waals surface area contributed by atoms with Crippen LogP contribution in [0.2, 0.25) is 10.0 Å². The molecule has 0 radical (unpaired) electrons. The van der Waals surface area contributed by atoms with Gasteiger partial charge in [0, 0.05) is 26.1 Å². The van der Waals surface area contributed by atoms with Gasteiger partial charge in [-0.15, -0.1) is 0 Å². The highest BCUT2D eigenvalue weighted by atomic mass is 35.5. The lowest BCUT2D eigenvalue weighted by Crippen LogP contribution is -2.60. The molecule has 2 fully saturated rings. The third-order valence-corrected chi connectivity index (χ3v) is 5.10. The smallest absolute Gasteiger partial charge is 0.172 e. The number of carbonyl (C=O) groups is 1. The maximum atomic E-state index is 12.8. The van der Waals surface area contributed by atoms with Crippen LogP contribution in [0, 0.1) is 0 Å². The summed E-state index contributed by atoms with van der Waals surface area (Å²) in [5, 5.41) is 4.47. The first kappa shape index (κ1) is 14.3. The summed E-state index contributed by atoms with van der Waals surface area (Å²) in [5.74, 6) is 0.244. The Morgan fingerprint density at radius 3 is 2.90 bits per heavy atom. The lowest BCUT2D eigenvalue weighted by Gasteiger charge is -2.40. The Balaban J connectivity index is 1.79. The van der Waals surface area contributed by atoms with Crippen LogP contribution in [-0.2, 0) is 11.2 Å². The van der Waals surface area contributed by atoms with E-state index < -0.39 is 5.66 Å². The number of Topliss-reactive ketones (excluding diaryl/α,β-unsaturated/α-hetero) is 1. The summed E-state index contributed by atoms with van der Waals surface area (Å²) in [6.45, 7) is 2.88. The largest absolute Gasteiger partial charge is 0.296 e. The second-order valence-electron chi connectivity index (χ2n) is 5.58. The molecule has 3 rings (SSSR count). The molecule has 0 amide bonds. The molecule has 0 spiro atoms. The molecule has 0 unspecified atom stereocenters. The van der Waals surface area contributed by atoms with Gasteiger partial charge >= 0.3 is 0 Å². The minimum Gasteiger partial charge on any atom is -0.296 e. The molecule has 2 saturated heterocycles. The summed E-state index contributed by atoms with van der Waals surface area (Å²) >= 11 is 11.9. The summed E-state index contributed by atoms with van der Waals surface area (Å²) in [4.78, 5) is 15.1. The van der Waals surface area contributed by atoms with Crippen molar-refractivity contribution in [3.8, 4) is 0 Å². The monoisotopic (exact) mass is 312 g/mol. The number of carbonyl (C=O) groups excluding carboxylic acids is 1. The number of piperidine rings is 1. The van der Waals surface area contributed by atoms with Gasteiger partial charge in [0.15, 0.2) is 5.78 Å². The highest BCUT2D eigenvalue weighted by molar-refractivity contribution is 6.42. The predicted octanol–water partition coefficient (Wildman–Crippen LogP) is 2.89. The van der Waals surface area contributed by atoms with E-state index in [9.17, 15) is 4.79 Å². The summed E-state index contributed by atoms with van der Waals surface area (Å²) in [7, 11) is 0. The van der Waals surface area contributed by atoms with Gasteiger partial charge in [0.1, 0.15) is 5.66 Å². The molecule has 0 aromatic heterocycles. The van der Waals surface area contributed by atoms with E-state index in [2.05, 4.69) is 10.2 Å². The molecular weight excluding hydrogens is 295 g/mol. The van der Waals surface area contributed by atoms with Gasteiger partial charge in [0.05, 0.1) is 10.0 Å². The van der Waals surface area contributed by atoms with Gasteiger partial charge in [-0.2, -0.15) is 0 Å². The molecule has 2 heterocycles. The quantitative estimate of drug-likeness (QED) is 0.931. The number of rotatable bonds is 3. The average molecular weight is 313 g/mol. The van der Waals surface area contributed by atoms with Crippen molar-refractivity contribution in [2.24, 2.45) is 0 Å². The van der Waals surface area contributed by atoms with E-state index in [4.69, 9.17) is 23.2 Å². The summed E-state index contributed by atoms with van der Waals surface area (Å²) in [5.41, 5.74) is 0.489. The van der Waals surface area contributed by atoms with E-state index in [1.54, 1.807) is 12.1 Å². The summed E-state index contributed by atoms with van der Waals surface area (Å²) < 4.78 is 0. The highest BCUT2D eigenvalue weighted by Gasteiger charge is 2.47. The van der Waals surface area contributed by atoms with E-state index in [0.717, 1.165) is 38.0 Å². The van der Waals surface area contributed by atoms with Crippen molar-refractivity contribution in [1.29, 1.82) is 0 Å². The molecule has 1 N–H and O–H groups in total. The molecule has 2 aliphatic heterocycles. The average Bonchev–Trinajstić information content (AvgIpc) is 2.88. The molecule has 5 heteroatoms. The zero-order valence-electron chi connectivity index (χ0n) is 11.3. The van der Waals surface area contributed by atoms with E-state index in [-0.39, 0.29) is 5.78 Å². The second kappa shape index (κ2) is 5.64. The molecule has 108 valence electrons. The predicted molar refractivity (Wildman–Crippen MR) is 81.3 cm³/mol. The Morgan fingerprint density at radius 1 is 1.25 bits per heavy atom. The first-order chi connectivity index (χ1) is 9.62. The van der Waals surface area contributed by atoms with E-state index in [1.807, 2.05) is 6.07 Å². The van der Waals surface area contributed by atoms with Crippen molar-refractivity contribution >= 4 is 29.0 Å². The lowest BCUT2D eigenvalue weighted by molar-refractivity contribution is -0.132. The van der Waals surface area contributed by atoms with Crippen molar-refractivity contribution in [1.82, 2.24) is 10.2 Å². The Labute approximate surface area is 129 Å². The van der Waals surface area contributed by atoms with Gasteiger partial charge in [-0.3, -0.25) is 15.0 Å². The maximum Gasteiger partial charge on any atom is 0.172 e. The second-order valence-corrected chi connectivity index (χ2v) is 6.39. The summed E-state index contributed by atoms with van der Waals surface area (Å²) in [6.07, 6.45) is 3.60. The summed E-state index contributed by atoms with van der Waals surface area (Å²) in [6, 6.07) is 5.43. The molecule has 1 aromatic carbocycles. The van der Waals surface area contributed by atoms with E-state index in [1.165, 1.54) is 6.42 Å². The normalized spacial score (nSPS) is 26.5. The van der Waals surface area contributed by atoms with Gasteiger partial charge in [0.25, 0.3) is 0 Å². The maximum absolute atomic E-state index is 12.8. The van der Waals surface area contributed by atoms with Crippen LogP contribution in [0.3, 0.4) is 0 Å². The molecule has 0 bridgehead atoms. The number of fused-ring (bicyclic) bond motifs is 1. The molecule has 1 atom stereocenters. The topological polar surface area (TPSA) is 32.3 Å². The van der Waals surface area contributed by atoms with Crippen molar-refractivity contribution in [3.05, 3.63) is 33.8 Å². The standard InChI is InChI=1S/C15H18Cl2N2O/c16-12-4-3-11(9-13(12)17)10-14(20)15-5-1-2-7-19(15)8-6-18-15/h3-4,9,18H,1-2,5-8,10H2/t15-/m1/s1. The zero-order valence-corrected chi connectivity index (χ0v) is 12.8. The minimum atomic E-state index is -0.440. The van der Waals surface area contributed by atoms with Crippen molar-refractivity contribution in [2.75, 3.05) is 19.6 Å². The van der Waals surface area contributed by atoms with Gasteiger partial charge in [-0.25, -0.2) is 0 Å². The van der Waals surface area contributed by atoms with Gasteiger partial charge in [-0.05, 0) is 37.0 Å². The number of nitrogens with one attached hydrogen (secondary N) is 1. The fourth-order valence-electron chi connectivity index (χ4n) is 3.33. The molecule has 3 nitrogen and oxygen atoms in total. The van der Waals surface area contributed by atoms with Crippen LogP contribution in [-0.4, -0.2) is 36.0 Å². The van der Waals surface area contributed by atoms with Crippen LogP contribution in [0.5, 0.6) is 0 Å². The number of halogens is 2. The fourth-order valence-corrected chi connectivity index (χ4v) is 3.65. The third kappa shape index (κ3) is 2.48. The Hall–Kier alpha value is -0.610. The fraction of sp³-hybridized carbons (Fsp3) is 0.533. The van der Waals surface area contributed by atoms with E-state index in [0.29, 0.717) is 16.5 Å². The molecule has 0 saturated carbocycles. The van der Waals surface area contributed by atoms with E-state index >= 15 is 0 Å². The van der Waals surface area contributed by atoms with Crippen LogP contribution in [0.1, 0.15) is 24.8 Å². The number of hydrogen-bond acceptors (Lipinski definition) is 3. The number of hydrogen-bond donors (Lipinski definition) is 1.